The highest BCUT2D eigenvalue weighted by molar-refractivity contribution is 7.98. The molecule has 0 saturated carbocycles. The number of thioether (sulfide) groups is 1. The van der Waals surface area contributed by atoms with Crippen LogP contribution in [0.4, 0.5) is 0 Å². The van der Waals surface area contributed by atoms with Crippen LogP contribution in [0.15, 0.2) is 65.1 Å². The molecule has 0 aliphatic carbocycles. The highest BCUT2D eigenvalue weighted by Crippen LogP contribution is 2.22. The lowest BCUT2D eigenvalue weighted by Crippen LogP contribution is -1.93. The van der Waals surface area contributed by atoms with Crippen LogP contribution in [0.1, 0.15) is 11.1 Å². The molecule has 0 bridgehead atoms. The predicted octanol–water partition coefficient (Wildman–Crippen LogP) is 4.76. The molecule has 116 valence electrons. The van der Waals surface area contributed by atoms with Crippen LogP contribution < -0.4 is 0 Å². The Balaban J connectivity index is 1.70. The average Bonchev–Trinajstić information content (AvgIpc) is 3.02. The molecule has 1 heterocycles. The molecular formula is C16H12Cl2N4S. The zero-order valence-electron chi connectivity index (χ0n) is 11.9. The Morgan fingerprint density at radius 2 is 1.91 bits per heavy atom. The van der Waals surface area contributed by atoms with E-state index >= 15 is 0 Å². The standard InChI is InChI=1S/C16H12Cl2N4S/c17-14-7-6-13(8-15(14)18)9-20-22-11-19-21-16(22)23-10-12-4-2-1-3-5-12/h1-9,11H,10H2/b20-9-. The first-order valence-electron chi connectivity index (χ1n) is 6.78. The van der Waals surface area contributed by atoms with E-state index in [2.05, 4.69) is 27.4 Å². The highest BCUT2D eigenvalue weighted by atomic mass is 35.5. The van der Waals surface area contributed by atoms with E-state index in [9.17, 15) is 0 Å². The zero-order chi connectivity index (χ0) is 16.1. The van der Waals surface area contributed by atoms with E-state index in [1.165, 1.54) is 5.56 Å². The summed E-state index contributed by atoms with van der Waals surface area (Å²) in [7, 11) is 0. The molecule has 0 atom stereocenters. The Kier molecular flexibility index (Phi) is 5.33. The summed E-state index contributed by atoms with van der Waals surface area (Å²) >= 11 is 13.5. The Morgan fingerprint density at radius 1 is 1.09 bits per heavy atom. The maximum Gasteiger partial charge on any atom is 0.212 e. The van der Waals surface area contributed by atoms with Gasteiger partial charge in [0.05, 0.1) is 16.3 Å². The summed E-state index contributed by atoms with van der Waals surface area (Å²) in [5.74, 6) is 0.807. The third kappa shape index (κ3) is 4.34. The lowest BCUT2D eigenvalue weighted by molar-refractivity contribution is 0.767. The van der Waals surface area contributed by atoms with Crippen molar-refractivity contribution in [1.82, 2.24) is 14.9 Å². The lowest BCUT2D eigenvalue weighted by atomic mass is 10.2. The number of rotatable bonds is 5. The molecule has 0 N–H and O–H groups in total. The Hall–Kier alpha value is -1.82. The van der Waals surface area contributed by atoms with Crippen LogP contribution in [0.25, 0.3) is 0 Å². The van der Waals surface area contributed by atoms with Crippen molar-refractivity contribution in [2.75, 3.05) is 0 Å². The summed E-state index contributed by atoms with van der Waals surface area (Å²) in [5, 5.41) is 14.1. The van der Waals surface area contributed by atoms with Gasteiger partial charge in [0.2, 0.25) is 5.16 Å². The first-order chi connectivity index (χ1) is 11.2. The molecule has 1 aromatic heterocycles. The van der Waals surface area contributed by atoms with E-state index in [-0.39, 0.29) is 0 Å². The molecule has 0 aliphatic rings. The summed E-state index contributed by atoms with van der Waals surface area (Å²) in [4.78, 5) is 0. The molecule has 3 aromatic rings. The summed E-state index contributed by atoms with van der Waals surface area (Å²) in [6, 6.07) is 15.5. The van der Waals surface area contributed by atoms with Crippen molar-refractivity contribution in [2.24, 2.45) is 5.10 Å². The first-order valence-corrected chi connectivity index (χ1v) is 8.53. The molecule has 0 spiro atoms. The molecule has 2 aromatic carbocycles. The van der Waals surface area contributed by atoms with E-state index < -0.39 is 0 Å². The van der Waals surface area contributed by atoms with Gasteiger partial charge in [-0.3, -0.25) is 0 Å². The largest absolute Gasteiger partial charge is 0.212 e. The van der Waals surface area contributed by atoms with Gasteiger partial charge in [-0.25, -0.2) is 0 Å². The second kappa shape index (κ2) is 7.64. The van der Waals surface area contributed by atoms with Crippen LogP contribution in [0.2, 0.25) is 10.0 Å². The van der Waals surface area contributed by atoms with Gasteiger partial charge in [-0.2, -0.15) is 9.78 Å². The first kappa shape index (κ1) is 16.1. The van der Waals surface area contributed by atoms with Crippen molar-refractivity contribution < 1.29 is 0 Å². The molecule has 23 heavy (non-hydrogen) atoms. The lowest BCUT2D eigenvalue weighted by Gasteiger charge is -2.01. The average molecular weight is 363 g/mol. The summed E-state index contributed by atoms with van der Waals surface area (Å²) in [5.41, 5.74) is 2.08. The zero-order valence-corrected chi connectivity index (χ0v) is 14.3. The number of aromatic nitrogens is 3. The number of nitrogens with zero attached hydrogens (tertiary/aromatic N) is 4. The van der Waals surface area contributed by atoms with Crippen LogP contribution in [-0.4, -0.2) is 21.1 Å². The van der Waals surface area contributed by atoms with Gasteiger partial charge >= 0.3 is 0 Å². The Bertz CT molecular complexity index is 818. The topological polar surface area (TPSA) is 43.1 Å². The normalized spacial score (nSPS) is 11.2. The van der Waals surface area contributed by atoms with Crippen LogP contribution in [0.3, 0.4) is 0 Å². The second-order valence-corrected chi connectivity index (χ2v) is 6.41. The minimum absolute atomic E-state index is 0.498. The fourth-order valence-corrected chi connectivity index (χ4v) is 2.96. The maximum absolute atomic E-state index is 5.99. The van der Waals surface area contributed by atoms with E-state index in [0.29, 0.717) is 10.0 Å². The van der Waals surface area contributed by atoms with E-state index in [4.69, 9.17) is 23.2 Å². The fraction of sp³-hybridized carbons (Fsp3) is 0.0625. The molecule has 0 unspecified atom stereocenters. The number of hydrogen-bond acceptors (Lipinski definition) is 4. The molecule has 7 heteroatoms. The van der Waals surface area contributed by atoms with Gasteiger partial charge in [0.25, 0.3) is 0 Å². The third-order valence-electron chi connectivity index (χ3n) is 2.99. The fourth-order valence-electron chi connectivity index (χ4n) is 1.84. The monoisotopic (exact) mass is 362 g/mol. The second-order valence-electron chi connectivity index (χ2n) is 4.65. The molecule has 0 amide bonds. The minimum Gasteiger partial charge on any atom is -0.195 e. The summed E-state index contributed by atoms with van der Waals surface area (Å²) in [6.07, 6.45) is 3.26. The van der Waals surface area contributed by atoms with E-state index in [0.717, 1.165) is 16.5 Å². The summed E-state index contributed by atoms with van der Waals surface area (Å²) in [6.45, 7) is 0. The molecular weight excluding hydrogens is 351 g/mol. The van der Waals surface area contributed by atoms with Crippen molar-refractivity contribution in [2.45, 2.75) is 10.9 Å². The van der Waals surface area contributed by atoms with Gasteiger partial charge in [0, 0.05) is 5.75 Å². The van der Waals surface area contributed by atoms with Gasteiger partial charge < -0.3 is 0 Å². The predicted molar refractivity (Wildman–Crippen MR) is 95.5 cm³/mol. The molecule has 0 radical (unpaired) electrons. The van der Waals surface area contributed by atoms with Crippen molar-refractivity contribution in [3.05, 3.63) is 76.0 Å². The summed E-state index contributed by atoms with van der Waals surface area (Å²) < 4.78 is 1.64. The van der Waals surface area contributed by atoms with Gasteiger partial charge in [0.1, 0.15) is 6.33 Å². The number of hydrogen-bond donors (Lipinski definition) is 0. The van der Waals surface area contributed by atoms with E-state index in [1.807, 2.05) is 24.3 Å². The van der Waals surface area contributed by atoms with Crippen molar-refractivity contribution >= 4 is 41.2 Å². The van der Waals surface area contributed by atoms with Gasteiger partial charge in [-0.15, -0.1) is 10.2 Å². The number of halogens is 2. The third-order valence-corrected chi connectivity index (χ3v) is 4.73. The smallest absolute Gasteiger partial charge is 0.195 e. The molecule has 0 fully saturated rings. The molecule has 4 nitrogen and oxygen atoms in total. The van der Waals surface area contributed by atoms with Crippen LogP contribution in [-0.2, 0) is 5.75 Å². The Labute approximate surface area is 148 Å². The molecule has 3 rings (SSSR count). The van der Waals surface area contributed by atoms with Crippen LogP contribution in [0, 0.1) is 0 Å². The van der Waals surface area contributed by atoms with E-state index in [1.54, 1.807) is 41.1 Å². The quantitative estimate of drug-likeness (QED) is 0.485. The van der Waals surface area contributed by atoms with Crippen LogP contribution >= 0.6 is 35.0 Å². The SMILES string of the molecule is Clc1ccc(/C=N\n2cnnc2SCc2ccccc2)cc1Cl. The van der Waals surface area contributed by atoms with Gasteiger partial charge in [0.15, 0.2) is 0 Å². The van der Waals surface area contributed by atoms with Crippen molar-refractivity contribution in [1.29, 1.82) is 0 Å². The number of benzene rings is 2. The van der Waals surface area contributed by atoms with Crippen molar-refractivity contribution in [3.63, 3.8) is 0 Å². The maximum atomic E-state index is 5.99. The van der Waals surface area contributed by atoms with Gasteiger partial charge in [-0.1, -0.05) is 71.4 Å². The minimum atomic E-state index is 0.498. The van der Waals surface area contributed by atoms with Crippen LogP contribution in [0.5, 0.6) is 0 Å². The van der Waals surface area contributed by atoms with Crippen molar-refractivity contribution in [3.8, 4) is 0 Å². The molecule has 0 aliphatic heterocycles. The van der Waals surface area contributed by atoms with Gasteiger partial charge in [-0.05, 0) is 23.3 Å². The Morgan fingerprint density at radius 3 is 2.70 bits per heavy atom. The highest BCUT2D eigenvalue weighted by Gasteiger charge is 2.04. The molecule has 0 saturated heterocycles.